The minimum atomic E-state index is -0.981. The number of amides is 2. The van der Waals surface area contributed by atoms with Crippen molar-refractivity contribution in [2.75, 3.05) is 32.9 Å². The number of alkyl carbamates (subject to hydrolysis) is 1. The quantitative estimate of drug-likeness (QED) is 0.116. The van der Waals surface area contributed by atoms with E-state index in [1.807, 2.05) is 0 Å². The van der Waals surface area contributed by atoms with Gasteiger partial charge in [0.2, 0.25) is 0 Å². The van der Waals surface area contributed by atoms with E-state index in [9.17, 15) is 24.5 Å². The molecule has 1 unspecified atom stereocenters. The second-order valence-electron chi connectivity index (χ2n) is 13.4. The number of imidazole rings is 1. The van der Waals surface area contributed by atoms with Crippen LogP contribution in [0, 0.1) is 10.1 Å². The van der Waals surface area contributed by atoms with Gasteiger partial charge in [-0.15, -0.1) is 0 Å². The van der Waals surface area contributed by atoms with Gasteiger partial charge in [0.25, 0.3) is 5.91 Å². The number of carbonyl (C=O) groups is 3. The van der Waals surface area contributed by atoms with Crippen molar-refractivity contribution < 1.29 is 43.0 Å². The summed E-state index contributed by atoms with van der Waals surface area (Å²) in [5.41, 5.74) is -0.742. The van der Waals surface area contributed by atoms with Crippen molar-refractivity contribution in [1.82, 2.24) is 19.8 Å². The van der Waals surface area contributed by atoms with Crippen molar-refractivity contribution in [3.05, 3.63) is 52.3 Å². The van der Waals surface area contributed by atoms with Gasteiger partial charge in [-0.05, 0) is 89.8 Å². The minimum Gasteiger partial charge on any atom is -0.492 e. The first-order valence-electron chi connectivity index (χ1n) is 16.2. The van der Waals surface area contributed by atoms with Gasteiger partial charge in [0.15, 0.2) is 12.8 Å². The van der Waals surface area contributed by atoms with Crippen LogP contribution in [0.3, 0.4) is 0 Å². The predicted molar refractivity (Wildman–Crippen MR) is 174 cm³/mol. The van der Waals surface area contributed by atoms with Crippen LogP contribution in [-0.4, -0.2) is 93.8 Å². The first kappa shape index (κ1) is 38.2. The summed E-state index contributed by atoms with van der Waals surface area (Å²) in [6.45, 7) is 12.0. The van der Waals surface area contributed by atoms with Crippen molar-refractivity contribution in [2.24, 2.45) is 0 Å². The van der Waals surface area contributed by atoms with Crippen LogP contribution in [0.1, 0.15) is 72.8 Å². The minimum absolute atomic E-state index is 0.157. The topological polar surface area (TPSA) is 174 Å². The van der Waals surface area contributed by atoms with Crippen LogP contribution >= 0.6 is 0 Å². The summed E-state index contributed by atoms with van der Waals surface area (Å²) in [4.78, 5) is 54.6. The Balaban J connectivity index is 1.59. The molecule has 0 aliphatic carbocycles. The van der Waals surface area contributed by atoms with E-state index in [2.05, 4.69) is 10.3 Å². The summed E-state index contributed by atoms with van der Waals surface area (Å²) < 4.78 is 29.4. The SMILES string of the molecule is CC(C)(C)OC(=O)N[C@@H](Cc1ccc(OCCN(CCCOC2CCCCO2)C(=O)Cn2ccnc2[N+](=O)[O-])cc1)C(=O)OC(C)(C)C. The lowest BCUT2D eigenvalue weighted by atomic mass is 10.1. The van der Waals surface area contributed by atoms with Gasteiger partial charge >= 0.3 is 18.0 Å². The van der Waals surface area contributed by atoms with Gasteiger partial charge < -0.3 is 44.0 Å². The fraction of sp³-hybridized carbons (Fsp3) is 0.636. The third kappa shape index (κ3) is 13.9. The third-order valence-corrected chi connectivity index (χ3v) is 6.90. The van der Waals surface area contributed by atoms with Gasteiger partial charge in [-0.25, -0.2) is 14.2 Å². The highest BCUT2D eigenvalue weighted by molar-refractivity contribution is 5.82. The van der Waals surface area contributed by atoms with E-state index in [-0.39, 0.29) is 38.3 Å². The monoisotopic (exact) mass is 675 g/mol. The van der Waals surface area contributed by atoms with Gasteiger partial charge in [-0.3, -0.25) is 4.79 Å². The van der Waals surface area contributed by atoms with Crippen molar-refractivity contribution in [3.8, 4) is 5.75 Å². The molecule has 0 bridgehead atoms. The number of hydrogen-bond donors (Lipinski definition) is 1. The molecule has 15 heteroatoms. The molecule has 2 amide bonds. The predicted octanol–water partition coefficient (Wildman–Crippen LogP) is 4.41. The second-order valence-corrected chi connectivity index (χ2v) is 13.4. The molecule has 3 rings (SSSR count). The van der Waals surface area contributed by atoms with Gasteiger partial charge in [0.1, 0.15) is 42.0 Å². The fourth-order valence-corrected chi connectivity index (χ4v) is 4.76. The van der Waals surface area contributed by atoms with Gasteiger partial charge in [-0.1, -0.05) is 17.1 Å². The Bertz CT molecular complexity index is 1340. The molecule has 266 valence electrons. The Morgan fingerprint density at radius 2 is 1.77 bits per heavy atom. The van der Waals surface area contributed by atoms with E-state index in [0.29, 0.717) is 31.9 Å². The van der Waals surface area contributed by atoms with Crippen LogP contribution in [0.15, 0.2) is 36.7 Å². The smallest absolute Gasteiger partial charge is 0.435 e. The van der Waals surface area contributed by atoms with Crippen molar-refractivity contribution >= 4 is 23.9 Å². The first-order valence-corrected chi connectivity index (χ1v) is 16.2. The molecule has 2 aromatic rings. The lowest BCUT2D eigenvalue weighted by Gasteiger charge is -2.26. The lowest BCUT2D eigenvalue weighted by molar-refractivity contribution is -0.396. The molecule has 15 nitrogen and oxygen atoms in total. The highest BCUT2D eigenvalue weighted by Crippen LogP contribution is 2.18. The number of hydrogen-bond acceptors (Lipinski definition) is 11. The highest BCUT2D eigenvalue weighted by Gasteiger charge is 2.29. The molecule has 1 aromatic carbocycles. The molecule has 2 atom stereocenters. The molecule has 1 aliphatic rings. The van der Waals surface area contributed by atoms with E-state index in [0.717, 1.165) is 24.8 Å². The average Bonchev–Trinajstić information content (AvgIpc) is 3.46. The number of nitrogens with zero attached hydrogens (tertiary/aromatic N) is 4. The largest absolute Gasteiger partial charge is 0.492 e. The summed E-state index contributed by atoms with van der Waals surface area (Å²) in [5.74, 6) is -0.790. The highest BCUT2D eigenvalue weighted by atomic mass is 16.7. The number of nitro groups is 1. The van der Waals surface area contributed by atoms with E-state index in [1.165, 1.54) is 17.0 Å². The van der Waals surface area contributed by atoms with Crippen LogP contribution in [0.2, 0.25) is 0 Å². The second kappa shape index (κ2) is 17.8. The third-order valence-electron chi connectivity index (χ3n) is 6.90. The molecule has 1 N–H and O–H groups in total. The number of ether oxygens (including phenoxy) is 5. The summed E-state index contributed by atoms with van der Waals surface area (Å²) >= 11 is 0. The van der Waals surface area contributed by atoms with Crippen molar-refractivity contribution in [3.63, 3.8) is 0 Å². The molecule has 1 saturated heterocycles. The zero-order chi connectivity index (χ0) is 35.3. The zero-order valence-corrected chi connectivity index (χ0v) is 28.8. The fourth-order valence-electron chi connectivity index (χ4n) is 4.76. The lowest BCUT2D eigenvalue weighted by Crippen LogP contribution is -2.47. The number of esters is 1. The average molecular weight is 676 g/mol. The summed E-state index contributed by atoms with van der Waals surface area (Å²) in [7, 11) is 0. The Morgan fingerprint density at radius 3 is 2.40 bits per heavy atom. The number of carbonyl (C=O) groups excluding carboxylic acids is 3. The maximum atomic E-state index is 13.2. The van der Waals surface area contributed by atoms with Crippen LogP contribution in [0.5, 0.6) is 5.75 Å². The van der Waals surface area contributed by atoms with Gasteiger partial charge in [0, 0.05) is 19.6 Å². The van der Waals surface area contributed by atoms with Crippen LogP contribution in [0.25, 0.3) is 0 Å². The van der Waals surface area contributed by atoms with Crippen LogP contribution in [0.4, 0.5) is 10.7 Å². The van der Waals surface area contributed by atoms with E-state index < -0.39 is 40.2 Å². The Kier molecular flexibility index (Phi) is 14.2. The van der Waals surface area contributed by atoms with Gasteiger partial charge in [0.05, 0.1) is 13.2 Å². The van der Waals surface area contributed by atoms with E-state index >= 15 is 0 Å². The number of rotatable bonds is 16. The summed E-state index contributed by atoms with van der Waals surface area (Å²) in [6, 6.07) is 6.03. The normalized spacial score (nSPS) is 15.7. The Morgan fingerprint density at radius 1 is 1.06 bits per heavy atom. The maximum absolute atomic E-state index is 13.2. The molecule has 0 spiro atoms. The molecule has 2 heterocycles. The Hall–Kier alpha value is -4.24. The molecule has 1 aliphatic heterocycles. The number of nitrogens with one attached hydrogen (secondary N) is 1. The first-order chi connectivity index (χ1) is 22.6. The van der Waals surface area contributed by atoms with Gasteiger partial charge in [-0.2, -0.15) is 0 Å². The summed E-state index contributed by atoms with van der Waals surface area (Å²) in [6.07, 6.45) is 5.31. The number of aromatic nitrogens is 2. The maximum Gasteiger partial charge on any atom is 0.435 e. The molecular formula is C33H49N5O10. The van der Waals surface area contributed by atoms with Crippen LogP contribution < -0.4 is 10.1 Å². The van der Waals surface area contributed by atoms with E-state index in [1.54, 1.807) is 70.7 Å². The molecule has 1 fully saturated rings. The zero-order valence-electron chi connectivity index (χ0n) is 28.8. The molecule has 1 aromatic heterocycles. The molecular weight excluding hydrogens is 626 g/mol. The standard InChI is InChI=1S/C33H49N5O10/c1-32(2,3)47-29(40)26(35-31(41)48-33(4,5)6)22-24-11-13-25(14-12-24)44-21-18-36(16-9-20-46-28-10-7-8-19-45-28)27(39)23-37-17-15-34-30(37)38(42)43/h11-15,17,26,28H,7-10,16,18-23H2,1-6H3,(H,35,41)/t26-,28?/m0/s1. The van der Waals surface area contributed by atoms with E-state index in [4.69, 9.17) is 23.7 Å². The molecule has 0 radical (unpaired) electrons. The molecule has 48 heavy (non-hydrogen) atoms. The number of benzene rings is 1. The van der Waals surface area contributed by atoms with Crippen molar-refractivity contribution in [1.29, 1.82) is 0 Å². The van der Waals surface area contributed by atoms with Crippen LogP contribution in [-0.2, 0) is 41.5 Å². The Labute approximate surface area is 281 Å². The molecule has 0 saturated carbocycles. The summed E-state index contributed by atoms with van der Waals surface area (Å²) in [5, 5.41) is 13.9. The van der Waals surface area contributed by atoms with Crippen molar-refractivity contribution in [2.45, 2.75) is 104 Å².